The van der Waals surface area contributed by atoms with Gasteiger partial charge in [0, 0.05) is 22.6 Å². The van der Waals surface area contributed by atoms with Crippen LogP contribution in [-0.2, 0) is 0 Å². The Balaban J connectivity index is 2.12. The smallest absolute Gasteiger partial charge is 0.255 e. The van der Waals surface area contributed by atoms with Crippen LogP contribution in [0.25, 0.3) is 0 Å². The molecule has 1 saturated carbocycles. The quantitative estimate of drug-likeness (QED) is 0.758. The van der Waals surface area contributed by atoms with E-state index in [1.54, 1.807) is 12.1 Å². The molecular weight excluding hydrogens is 326 g/mol. The average Bonchev–Trinajstić information content (AvgIpc) is 2.41. The molecule has 2 rings (SSSR count). The first-order valence-electron chi connectivity index (χ1n) is 6.71. The van der Waals surface area contributed by atoms with Crippen LogP contribution in [0.5, 0.6) is 0 Å². The van der Waals surface area contributed by atoms with Gasteiger partial charge in [0.2, 0.25) is 0 Å². The summed E-state index contributed by atoms with van der Waals surface area (Å²) in [5.41, 5.74) is 0.647. The molecule has 0 unspecified atom stereocenters. The first kappa shape index (κ1) is 14.9. The summed E-state index contributed by atoms with van der Waals surface area (Å²) in [5.74, 6) is 0.839. The molecule has 0 heterocycles. The molecule has 0 aromatic heterocycles. The minimum absolute atomic E-state index is 0.0499. The van der Waals surface area contributed by atoms with Crippen molar-refractivity contribution < 1.29 is 4.79 Å². The van der Waals surface area contributed by atoms with Crippen LogP contribution in [-0.4, -0.2) is 23.9 Å². The van der Waals surface area contributed by atoms with Crippen LogP contribution in [0.1, 0.15) is 43.0 Å². The Kier molecular flexibility index (Phi) is 4.91. The van der Waals surface area contributed by atoms with Gasteiger partial charge in [-0.1, -0.05) is 18.5 Å². The number of rotatable bonds is 2. The molecule has 0 N–H and O–H groups in total. The zero-order valence-electron chi connectivity index (χ0n) is 11.3. The van der Waals surface area contributed by atoms with Crippen LogP contribution < -0.4 is 0 Å². The molecule has 1 aromatic rings. The Morgan fingerprint density at radius 3 is 2.58 bits per heavy atom. The largest absolute Gasteiger partial charge is 0.339 e. The lowest BCUT2D eigenvalue weighted by molar-refractivity contribution is 0.0678. The van der Waals surface area contributed by atoms with E-state index in [4.69, 9.17) is 11.6 Å². The van der Waals surface area contributed by atoms with E-state index in [-0.39, 0.29) is 5.91 Å². The van der Waals surface area contributed by atoms with Gasteiger partial charge in [0.1, 0.15) is 0 Å². The molecule has 0 aliphatic heterocycles. The molecule has 0 atom stereocenters. The van der Waals surface area contributed by atoms with E-state index >= 15 is 0 Å². The van der Waals surface area contributed by atoms with E-state index in [2.05, 4.69) is 22.9 Å². The first-order chi connectivity index (χ1) is 8.99. The Labute approximate surface area is 128 Å². The summed E-state index contributed by atoms with van der Waals surface area (Å²) in [6.45, 7) is 2.28. The average molecular weight is 345 g/mol. The lowest BCUT2D eigenvalue weighted by atomic mass is 9.86. The van der Waals surface area contributed by atoms with Crippen LogP contribution in [0.4, 0.5) is 0 Å². The maximum absolute atomic E-state index is 12.5. The van der Waals surface area contributed by atoms with Gasteiger partial charge in [-0.25, -0.2) is 0 Å². The SMILES string of the molecule is CC1CCC(N(C)C(=O)c2cc(Cl)ccc2Br)CC1. The van der Waals surface area contributed by atoms with Gasteiger partial charge < -0.3 is 4.90 Å². The monoisotopic (exact) mass is 343 g/mol. The van der Waals surface area contributed by atoms with Crippen LogP contribution in [0, 0.1) is 5.92 Å². The topological polar surface area (TPSA) is 20.3 Å². The Morgan fingerprint density at radius 1 is 1.32 bits per heavy atom. The van der Waals surface area contributed by atoms with Gasteiger partial charge in [0.25, 0.3) is 5.91 Å². The van der Waals surface area contributed by atoms with Gasteiger partial charge >= 0.3 is 0 Å². The molecule has 0 saturated heterocycles. The van der Waals surface area contributed by atoms with Gasteiger partial charge in [-0.15, -0.1) is 0 Å². The summed E-state index contributed by atoms with van der Waals surface area (Å²) in [6.07, 6.45) is 4.61. The zero-order chi connectivity index (χ0) is 14.0. The van der Waals surface area contributed by atoms with Gasteiger partial charge in [-0.3, -0.25) is 4.79 Å². The van der Waals surface area contributed by atoms with Crippen LogP contribution in [0.15, 0.2) is 22.7 Å². The third kappa shape index (κ3) is 3.51. The highest BCUT2D eigenvalue weighted by Gasteiger charge is 2.26. The van der Waals surface area contributed by atoms with E-state index in [1.807, 2.05) is 18.0 Å². The highest BCUT2D eigenvalue weighted by molar-refractivity contribution is 9.10. The standard InChI is InChI=1S/C15H19BrClNO/c1-10-3-6-12(7-4-10)18(2)15(19)13-9-11(17)5-8-14(13)16/h5,8-10,12H,3-4,6-7H2,1-2H3. The molecule has 2 nitrogen and oxygen atoms in total. The molecule has 1 aromatic carbocycles. The lowest BCUT2D eigenvalue weighted by Gasteiger charge is -2.33. The van der Waals surface area contributed by atoms with Gasteiger partial charge in [0.15, 0.2) is 0 Å². The second kappa shape index (κ2) is 6.27. The Morgan fingerprint density at radius 2 is 1.95 bits per heavy atom. The molecular formula is C15H19BrClNO. The highest BCUT2D eigenvalue weighted by Crippen LogP contribution is 2.29. The number of amides is 1. The molecule has 4 heteroatoms. The maximum atomic E-state index is 12.5. The third-order valence-corrected chi connectivity index (χ3v) is 4.94. The minimum Gasteiger partial charge on any atom is -0.339 e. The number of nitrogens with zero attached hydrogens (tertiary/aromatic N) is 1. The Hall–Kier alpha value is -0.540. The molecule has 0 radical (unpaired) electrons. The molecule has 104 valence electrons. The van der Waals surface area contributed by atoms with Crippen molar-refractivity contribution in [2.45, 2.75) is 38.6 Å². The molecule has 1 amide bonds. The van der Waals surface area contributed by atoms with Crippen molar-refractivity contribution >= 4 is 33.4 Å². The van der Waals surface area contributed by atoms with Gasteiger partial charge in [-0.2, -0.15) is 0 Å². The minimum atomic E-state index is 0.0499. The number of halogens is 2. The summed E-state index contributed by atoms with van der Waals surface area (Å²) < 4.78 is 0.804. The van der Waals surface area contributed by atoms with Crippen LogP contribution >= 0.6 is 27.5 Å². The second-order valence-electron chi connectivity index (χ2n) is 5.45. The maximum Gasteiger partial charge on any atom is 0.255 e. The summed E-state index contributed by atoms with van der Waals surface area (Å²) in [6, 6.07) is 5.70. The first-order valence-corrected chi connectivity index (χ1v) is 7.88. The van der Waals surface area contributed by atoms with E-state index in [1.165, 1.54) is 12.8 Å². The second-order valence-corrected chi connectivity index (χ2v) is 6.74. The molecule has 1 aliphatic carbocycles. The van der Waals surface area contributed by atoms with Crippen molar-refractivity contribution in [2.75, 3.05) is 7.05 Å². The van der Waals surface area contributed by atoms with Crippen LogP contribution in [0.2, 0.25) is 5.02 Å². The number of benzene rings is 1. The number of carbonyl (C=O) groups excluding carboxylic acids is 1. The highest BCUT2D eigenvalue weighted by atomic mass is 79.9. The van der Waals surface area contributed by atoms with Crippen molar-refractivity contribution in [3.8, 4) is 0 Å². The number of hydrogen-bond donors (Lipinski definition) is 0. The van der Waals surface area contributed by atoms with E-state index in [9.17, 15) is 4.79 Å². The fourth-order valence-electron chi connectivity index (χ4n) is 2.65. The number of carbonyl (C=O) groups is 1. The molecule has 1 aliphatic rings. The summed E-state index contributed by atoms with van der Waals surface area (Å²) in [7, 11) is 1.90. The number of hydrogen-bond acceptors (Lipinski definition) is 1. The predicted molar refractivity (Wildman–Crippen MR) is 82.7 cm³/mol. The Bertz CT molecular complexity index is 469. The molecule has 1 fully saturated rings. The van der Waals surface area contributed by atoms with Gasteiger partial charge in [0.05, 0.1) is 5.56 Å². The summed E-state index contributed by atoms with van der Waals surface area (Å²) in [5, 5.41) is 0.595. The van der Waals surface area contributed by atoms with Crippen molar-refractivity contribution in [2.24, 2.45) is 5.92 Å². The van der Waals surface area contributed by atoms with E-state index in [0.29, 0.717) is 16.6 Å². The predicted octanol–water partition coefficient (Wildman–Crippen LogP) is 4.75. The molecule has 19 heavy (non-hydrogen) atoms. The molecule has 0 bridgehead atoms. The molecule has 0 spiro atoms. The summed E-state index contributed by atoms with van der Waals surface area (Å²) >= 11 is 9.41. The van der Waals surface area contributed by atoms with Gasteiger partial charge in [-0.05, 0) is 65.7 Å². The van der Waals surface area contributed by atoms with E-state index in [0.717, 1.165) is 23.2 Å². The van der Waals surface area contributed by atoms with Crippen molar-refractivity contribution in [1.29, 1.82) is 0 Å². The fraction of sp³-hybridized carbons (Fsp3) is 0.533. The van der Waals surface area contributed by atoms with Crippen LogP contribution in [0.3, 0.4) is 0 Å². The van der Waals surface area contributed by atoms with Crippen molar-refractivity contribution in [1.82, 2.24) is 4.90 Å². The zero-order valence-corrected chi connectivity index (χ0v) is 13.7. The lowest BCUT2D eigenvalue weighted by Crippen LogP contribution is -2.39. The van der Waals surface area contributed by atoms with E-state index < -0.39 is 0 Å². The summed E-state index contributed by atoms with van der Waals surface area (Å²) in [4.78, 5) is 14.4. The third-order valence-electron chi connectivity index (χ3n) is 4.01. The van der Waals surface area contributed by atoms with Crippen molar-refractivity contribution in [3.63, 3.8) is 0 Å². The normalized spacial score (nSPS) is 23.2. The van der Waals surface area contributed by atoms with Crippen molar-refractivity contribution in [3.05, 3.63) is 33.3 Å². The fourth-order valence-corrected chi connectivity index (χ4v) is 3.24.